The average Bonchev–Trinajstić information content (AvgIpc) is 3.54. The maximum Gasteiger partial charge on any atom is 0.472 e. The SMILES string of the molecule is CC(C)CCCCCCCCCCCCC(=O)OC[C@H](COP(=O)(O)OC[C@@H](O)COP(=O)(O)OC[C@@H](COC(=O)CCCCCCCCC(C)C)OC(=O)CCCCCCCCCCCCC(C)C)OC(=O)CCCCCCCCCC(C)C. The molecule has 2 unspecified atom stereocenters. The molecule has 0 aliphatic carbocycles. The Hall–Kier alpha value is -1.94. The molecular weight excluding hydrogens is 1130 g/mol. The lowest BCUT2D eigenvalue weighted by Crippen LogP contribution is -2.30. The number of carbonyl (C=O) groups excluding carboxylic acids is 4. The third-order valence-electron chi connectivity index (χ3n) is 15.1. The molecular formula is C66H128O17P2. The minimum atomic E-state index is -4.95. The van der Waals surface area contributed by atoms with Crippen molar-refractivity contribution in [3.05, 3.63) is 0 Å². The van der Waals surface area contributed by atoms with E-state index in [0.29, 0.717) is 37.5 Å². The molecule has 0 heterocycles. The molecule has 0 saturated carbocycles. The zero-order valence-electron chi connectivity index (χ0n) is 55.2. The van der Waals surface area contributed by atoms with Crippen LogP contribution in [0.3, 0.4) is 0 Å². The van der Waals surface area contributed by atoms with Crippen LogP contribution in [0, 0.1) is 23.7 Å². The number of aliphatic hydroxyl groups excluding tert-OH is 1. The minimum Gasteiger partial charge on any atom is -0.462 e. The van der Waals surface area contributed by atoms with E-state index >= 15 is 0 Å². The summed E-state index contributed by atoms with van der Waals surface area (Å²) >= 11 is 0. The van der Waals surface area contributed by atoms with Gasteiger partial charge in [-0.2, -0.15) is 0 Å². The summed E-state index contributed by atoms with van der Waals surface area (Å²) in [5, 5.41) is 10.5. The van der Waals surface area contributed by atoms with Crippen LogP contribution in [-0.2, 0) is 65.4 Å². The third-order valence-corrected chi connectivity index (χ3v) is 17.0. The quantitative estimate of drug-likeness (QED) is 0.0222. The second-order valence-corrected chi connectivity index (χ2v) is 28.7. The normalized spacial score (nSPS) is 14.4. The van der Waals surface area contributed by atoms with Gasteiger partial charge in [-0.3, -0.25) is 37.3 Å². The molecule has 0 aliphatic heterocycles. The number of aliphatic hydroxyl groups is 1. The lowest BCUT2D eigenvalue weighted by molar-refractivity contribution is -0.161. The highest BCUT2D eigenvalue weighted by Gasteiger charge is 2.30. The lowest BCUT2D eigenvalue weighted by atomic mass is 10.0. The summed E-state index contributed by atoms with van der Waals surface area (Å²) in [6.07, 6.45) is 36.4. The van der Waals surface area contributed by atoms with E-state index in [1.54, 1.807) is 0 Å². The van der Waals surface area contributed by atoms with Gasteiger partial charge in [-0.25, -0.2) is 9.13 Å². The lowest BCUT2D eigenvalue weighted by Gasteiger charge is -2.21. The van der Waals surface area contributed by atoms with E-state index < -0.39 is 97.5 Å². The number of hydrogen-bond donors (Lipinski definition) is 3. The number of rotatable bonds is 63. The molecule has 0 rings (SSSR count). The van der Waals surface area contributed by atoms with Gasteiger partial charge < -0.3 is 33.8 Å². The first-order valence-electron chi connectivity index (χ1n) is 34.2. The fourth-order valence-electron chi connectivity index (χ4n) is 9.78. The van der Waals surface area contributed by atoms with Crippen molar-refractivity contribution in [1.82, 2.24) is 0 Å². The number of carbonyl (C=O) groups is 4. The number of esters is 4. The molecule has 3 N–H and O–H groups in total. The predicted molar refractivity (Wildman–Crippen MR) is 340 cm³/mol. The first kappa shape index (κ1) is 83.1. The Morgan fingerprint density at radius 2 is 0.494 bits per heavy atom. The van der Waals surface area contributed by atoms with Crippen molar-refractivity contribution in [3.63, 3.8) is 0 Å². The molecule has 0 amide bonds. The molecule has 0 aromatic carbocycles. The smallest absolute Gasteiger partial charge is 0.462 e. The zero-order chi connectivity index (χ0) is 63.2. The van der Waals surface area contributed by atoms with Crippen LogP contribution in [0.4, 0.5) is 0 Å². The Kier molecular flexibility index (Phi) is 54.8. The average molecular weight is 1260 g/mol. The molecule has 0 bridgehead atoms. The number of phosphoric acid groups is 2. The second kappa shape index (κ2) is 56.1. The van der Waals surface area contributed by atoms with Crippen LogP contribution in [0.2, 0.25) is 0 Å². The van der Waals surface area contributed by atoms with E-state index in [1.807, 2.05) is 0 Å². The van der Waals surface area contributed by atoms with Gasteiger partial charge in [0, 0.05) is 25.7 Å². The molecule has 0 saturated heterocycles. The molecule has 5 atom stereocenters. The fourth-order valence-corrected chi connectivity index (χ4v) is 11.4. The summed E-state index contributed by atoms with van der Waals surface area (Å²) in [4.78, 5) is 72.3. The molecule has 0 fully saturated rings. The molecule has 85 heavy (non-hydrogen) atoms. The van der Waals surface area contributed by atoms with E-state index in [1.165, 1.54) is 116 Å². The van der Waals surface area contributed by atoms with Crippen molar-refractivity contribution in [2.45, 2.75) is 337 Å². The summed E-state index contributed by atoms with van der Waals surface area (Å²) in [5.74, 6) is 0.747. The van der Waals surface area contributed by atoms with E-state index in [-0.39, 0.29) is 25.7 Å². The standard InChI is InChI=1S/C66H128O17P2/c1-56(2)42-34-26-18-13-9-11-15-21-30-38-46-63(68)76-52-61(83-66(71)49-41-33-23-17-20-28-36-44-58(5)6)54-80-84(72,73)78-50-60(67)51-79-85(74,75)81-55-62(53-77-64(69)47-39-31-25-24-29-37-45-59(7)8)82-65(70)48-40-32-22-16-12-10-14-19-27-35-43-57(3)4/h56-62,67H,9-55H2,1-8H3,(H,72,73)(H,74,75)/t60-,61-,62-/m1/s1. The van der Waals surface area contributed by atoms with Crippen LogP contribution in [-0.4, -0.2) is 96.7 Å². The van der Waals surface area contributed by atoms with Crippen molar-refractivity contribution in [3.8, 4) is 0 Å². The topological polar surface area (TPSA) is 237 Å². The van der Waals surface area contributed by atoms with Crippen molar-refractivity contribution in [1.29, 1.82) is 0 Å². The summed E-state index contributed by atoms with van der Waals surface area (Å²) in [6.45, 7) is 13.9. The first-order valence-corrected chi connectivity index (χ1v) is 37.2. The van der Waals surface area contributed by atoms with Gasteiger partial charge >= 0.3 is 39.5 Å². The van der Waals surface area contributed by atoms with Crippen molar-refractivity contribution >= 4 is 39.5 Å². The molecule has 0 aromatic heterocycles. The van der Waals surface area contributed by atoms with Crippen LogP contribution >= 0.6 is 15.6 Å². The van der Waals surface area contributed by atoms with Gasteiger partial charge in [0.2, 0.25) is 0 Å². The second-order valence-electron chi connectivity index (χ2n) is 25.8. The van der Waals surface area contributed by atoms with Crippen molar-refractivity contribution in [2.24, 2.45) is 23.7 Å². The number of phosphoric ester groups is 2. The Labute approximate surface area is 517 Å². The molecule has 19 heteroatoms. The summed E-state index contributed by atoms with van der Waals surface area (Å²) < 4.78 is 68.1. The van der Waals surface area contributed by atoms with E-state index in [2.05, 4.69) is 55.4 Å². The monoisotopic (exact) mass is 1250 g/mol. The van der Waals surface area contributed by atoms with E-state index in [0.717, 1.165) is 108 Å². The maximum atomic E-state index is 13.0. The van der Waals surface area contributed by atoms with Crippen LogP contribution < -0.4 is 0 Å². The predicted octanol–water partition coefficient (Wildman–Crippen LogP) is 18.1. The number of hydrogen-bond acceptors (Lipinski definition) is 15. The van der Waals surface area contributed by atoms with Gasteiger partial charge in [0.1, 0.15) is 19.3 Å². The van der Waals surface area contributed by atoms with Crippen LogP contribution in [0.25, 0.3) is 0 Å². The highest BCUT2D eigenvalue weighted by atomic mass is 31.2. The largest absolute Gasteiger partial charge is 0.472 e. The summed E-state index contributed by atoms with van der Waals surface area (Å²) in [5.41, 5.74) is 0. The van der Waals surface area contributed by atoms with Crippen LogP contribution in [0.1, 0.15) is 319 Å². The molecule has 0 aromatic rings. The fraction of sp³-hybridized carbons (Fsp3) is 0.939. The third kappa shape index (κ3) is 60.7. The van der Waals surface area contributed by atoms with Gasteiger partial charge in [0.15, 0.2) is 12.2 Å². The van der Waals surface area contributed by atoms with Crippen LogP contribution in [0.15, 0.2) is 0 Å². The Morgan fingerprint density at radius 3 is 0.729 bits per heavy atom. The molecule has 17 nitrogen and oxygen atoms in total. The first-order chi connectivity index (χ1) is 40.6. The molecule has 0 spiro atoms. The highest BCUT2D eigenvalue weighted by molar-refractivity contribution is 7.47. The number of ether oxygens (including phenoxy) is 4. The van der Waals surface area contributed by atoms with Gasteiger partial charge in [-0.1, -0.05) is 267 Å². The van der Waals surface area contributed by atoms with E-state index in [9.17, 15) is 43.2 Å². The molecule has 504 valence electrons. The minimum absolute atomic E-state index is 0.102. The van der Waals surface area contributed by atoms with Gasteiger partial charge in [0.25, 0.3) is 0 Å². The van der Waals surface area contributed by atoms with Crippen molar-refractivity contribution in [2.75, 3.05) is 39.6 Å². The molecule has 0 radical (unpaired) electrons. The Balaban J connectivity index is 5.24. The molecule has 0 aliphatic rings. The Bertz CT molecular complexity index is 1700. The highest BCUT2D eigenvalue weighted by Crippen LogP contribution is 2.45. The summed E-state index contributed by atoms with van der Waals surface area (Å²) in [7, 11) is -9.89. The van der Waals surface area contributed by atoms with Gasteiger partial charge in [-0.15, -0.1) is 0 Å². The zero-order valence-corrected chi connectivity index (χ0v) is 57.0. The number of unbranched alkanes of at least 4 members (excludes halogenated alkanes) is 29. The van der Waals surface area contributed by atoms with Gasteiger partial charge in [-0.05, 0) is 49.4 Å². The maximum absolute atomic E-state index is 13.0. The summed E-state index contributed by atoms with van der Waals surface area (Å²) in [6, 6.07) is 0. The van der Waals surface area contributed by atoms with E-state index in [4.69, 9.17) is 37.0 Å². The van der Waals surface area contributed by atoms with Gasteiger partial charge in [0.05, 0.1) is 26.4 Å². The van der Waals surface area contributed by atoms with Crippen LogP contribution in [0.5, 0.6) is 0 Å². The Morgan fingerprint density at radius 1 is 0.294 bits per heavy atom. The van der Waals surface area contributed by atoms with Crippen molar-refractivity contribution < 1.29 is 80.2 Å².